The highest BCUT2D eigenvalue weighted by Gasteiger charge is 1.98. The minimum atomic E-state index is 0. The lowest BCUT2D eigenvalue weighted by Crippen LogP contribution is -2.16. The van der Waals surface area contributed by atoms with Crippen molar-refractivity contribution in [2.75, 3.05) is 13.1 Å². The van der Waals surface area contributed by atoms with E-state index in [1.807, 2.05) is 0 Å². The zero-order valence-corrected chi connectivity index (χ0v) is 33.4. The van der Waals surface area contributed by atoms with E-state index in [-0.39, 0.29) is 12.4 Å². The van der Waals surface area contributed by atoms with Gasteiger partial charge in [0, 0.05) is 0 Å². The van der Waals surface area contributed by atoms with Crippen LogP contribution in [0.15, 0.2) is 0 Å². The van der Waals surface area contributed by atoms with Gasteiger partial charge in [-0.25, -0.2) is 0 Å². The van der Waals surface area contributed by atoms with Gasteiger partial charge in [-0.1, -0.05) is 258 Å². The molecule has 1 N–H and O–H groups in total. The summed E-state index contributed by atoms with van der Waals surface area (Å²) in [5, 5.41) is 3.70. The number of nitrogens with one attached hydrogen (secondary N) is 1. The van der Waals surface area contributed by atoms with Crippen LogP contribution in [0.1, 0.15) is 271 Å². The molecule has 0 saturated heterocycles. The highest BCUT2D eigenvalue weighted by Crippen LogP contribution is 2.16. The Labute approximate surface area is 300 Å². The van der Waals surface area contributed by atoms with E-state index in [9.17, 15) is 0 Å². The fourth-order valence-corrected chi connectivity index (χ4v) is 7.14. The Hall–Kier alpha value is 0.250. The first-order chi connectivity index (χ1) is 22.4. The molecule has 46 heavy (non-hydrogen) atoms. The molecular weight excluding hydrogens is 578 g/mol. The summed E-state index contributed by atoms with van der Waals surface area (Å²) in [4.78, 5) is 0. The van der Waals surface area contributed by atoms with Crippen molar-refractivity contribution in [2.24, 2.45) is 0 Å². The number of hydrogen-bond acceptors (Lipinski definition) is 1. The van der Waals surface area contributed by atoms with Crippen molar-refractivity contribution in [3.63, 3.8) is 0 Å². The van der Waals surface area contributed by atoms with Crippen molar-refractivity contribution in [3.05, 3.63) is 0 Å². The van der Waals surface area contributed by atoms with Gasteiger partial charge in [0.25, 0.3) is 0 Å². The molecule has 0 rings (SSSR count). The third-order valence-corrected chi connectivity index (χ3v) is 10.4. The lowest BCUT2D eigenvalue weighted by atomic mass is 10.0. The number of halogens is 1. The summed E-state index contributed by atoms with van der Waals surface area (Å²) >= 11 is 0. The monoisotopic (exact) mass is 670 g/mol. The van der Waals surface area contributed by atoms with Crippen LogP contribution in [0.2, 0.25) is 0 Å². The minimum absolute atomic E-state index is 0. The molecule has 2 heteroatoms. The fourth-order valence-electron chi connectivity index (χ4n) is 7.14. The smallest absolute Gasteiger partial charge is 0.00489 e. The Kier molecular flexibility index (Phi) is 49.8. The van der Waals surface area contributed by atoms with Gasteiger partial charge in [0.2, 0.25) is 0 Å². The van der Waals surface area contributed by atoms with E-state index in [1.165, 1.54) is 270 Å². The van der Waals surface area contributed by atoms with Crippen LogP contribution in [-0.2, 0) is 0 Å². The third kappa shape index (κ3) is 46.4. The van der Waals surface area contributed by atoms with E-state index >= 15 is 0 Å². The summed E-state index contributed by atoms with van der Waals surface area (Å²) in [6.45, 7) is 7.11. The van der Waals surface area contributed by atoms with Crippen molar-refractivity contribution in [1.82, 2.24) is 5.32 Å². The molecule has 0 unspecified atom stereocenters. The largest absolute Gasteiger partial charge is 0.317 e. The molecule has 0 fully saturated rings. The first-order valence-corrected chi connectivity index (χ1v) is 22.1. The summed E-state index contributed by atoms with van der Waals surface area (Å²) in [5.74, 6) is 0. The second-order valence-electron chi connectivity index (χ2n) is 15.2. The molecule has 0 heterocycles. The van der Waals surface area contributed by atoms with Gasteiger partial charge in [-0.2, -0.15) is 0 Å². The van der Waals surface area contributed by atoms with Crippen LogP contribution in [-0.4, -0.2) is 13.1 Å². The Morgan fingerprint density at radius 2 is 0.326 bits per heavy atom. The van der Waals surface area contributed by atoms with E-state index in [0.717, 1.165) is 0 Å². The molecule has 0 aromatic carbocycles. The standard InChI is InChI=1S/C44H91N.ClH/c1-3-5-7-9-11-13-15-17-19-21-23-25-27-29-31-33-35-37-39-41-43-45-44-42-40-38-36-34-32-30-28-26-24-22-20-18-16-14-12-10-8-6-4-2;/h45H,3-44H2,1-2H3;1H. The van der Waals surface area contributed by atoms with Crippen LogP contribution >= 0.6 is 12.4 Å². The number of hydrogen-bond donors (Lipinski definition) is 1. The Morgan fingerprint density at radius 3 is 0.478 bits per heavy atom. The zero-order valence-electron chi connectivity index (χ0n) is 32.6. The maximum absolute atomic E-state index is 3.70. The average Bonchev–Trinajstić information content (AvgIpc) is 3.05. The van der Waals surface area contributed by atoms with Crippen molar-refractivity contribution in [1.29, 1.82) is 0 Å². The molecule has 0 aliphatic rings. The zero-order chi connectivity index (χ0) is 32.4. The van der Waals surface area contributed by atoms with E-state index in [1.54, 1.807) is 0 Å². The highest BCUT2D eigenvalue weighted by atomic mass is 35.5. The molecule has 0 bridgehead atoms. The van der Waals surface area contributed by atoms with Crippen molar-refractivity contribution in [2.45, 2.75) is 271 Å². The van der Waals surface area contributed by atoms with Gasteiger partial charge in [0.1, 0.15) is 0 Å². The SMILES string of the molecule is CCCCCCCCCCCCCCCCCCCCCCNCCCCCCCCCCCCCCCCCCCCCC.Cl. The molecule has 0 radical (unpaired) electrons. The van der Waals surface area contributed by atoms with Crippen LogP contribution in [0.3, 0.4) is 0 Å². The molecule has 0 amide bonds. The lowest BCUT2D eigenvalue weighted by molar-refractivity contribution is 0.512. The van der Waals surface area contributed by atoms with Crippen molar-refractivity contribution < 1.29 is 0 Å². The third-order valence-electron chi connectivity index (χ3n) is 10.4. The summed E-state index contributed by atoms with van der Waals surface area (Å²) in [5.41, 5.74) is 0. The van der Waals surface area contributed by atoms with Gasteiger partial charge in [-0.05, 0) is 25.9 Å². The molecule has 0 spiro atoms. The minimum Gasteiger partial charge on any atom is -0.317 e. The maximum atomic E-state index is 3.70. The fraction of sp³-hybridized carbons (Fsp3) is 1.00. The van der Waals surface area contributed by atoms with Crippen LogP contribution in [0.5, 0.6) is 0 Å². The summed E-state index contributed by atoms with van der Waals surface area (Å²) in [6, 6.07) is 0. The summed E-state index contributed by atoms with van der Waals surface area (Å²) in [6.07, 6.45) is 58.7. The van der Waals surface area contributed by atoms with Gasteiger partial charge in [0.05, 0.1) is 0 Å². The predicted octanol–water partition coefficient (Wildman–Crippen LogP) is 16.6. The predicted molar refractivity (Wildman–Crippen MR) is 216 cm³/mol. The number of rotatable bonds is 42. The molecule has 1 nitrogen and oxygen atoms in total. The highest BCUT2D eigenvalue weighted by molar-refractivity contribution is 5.85. The topological polar surface area (TPSA) is 12.0 Å². The second kappa shape index (κ2) is 47.4. The van der Waals surface area contributed by atoms with E-state index in [4.69, 9.17) is 0 Å². The van der Waals surface area contributed by atoms with Gasteiger partial charge < -0.3 is 5.32 Å². The Bertz CT molecular complexity index is 439. The molecule has 0 aliphatic heterocycles. The van der Waals surface area contributed by atoms with E-state index in [2.05, 4.69) is 19.2 Å². The van der Waals surface area contributed by atoms with Crippen LogP contribution < -0.4 is 5.32 Å². The van der Waals surface area contributed by atoms with E-state index < -0.39 is 0 Å². The molecule has 280 valence electrons. The average molecular weight is 671 g/mol. The normalized spacial score (nSPS) is 11.3. The first-order valence-electron chi connectivity index (χ1n) is 22.1. The van der Waals surface area contributed by atoms with Crippen molar-refractivity contribution >= 4 is 12.4 Å². The molecule has 0 saturated carbocycles. The number of unbranched alkanes of at least 4 members (excludes halogenated alkanes) is 38. The van der Waals surface area contributed by atoms with Crippen LogP contribution in [0.4, 0.5) is 0 Å². The van der Waals surface area contributed by atoms with Gasteiger partial charge >= 0.3 is 0 Å². The Morgan fingerprint density at radius 1 is 0.196 bits per heavy atom. The van der Waals surface area contributed by atoms with Crippen LogP contribution in [0, 0.1) is 0 Å². The van der Waals surface area contributed by atoms with Crippen LogP contribution in [0.25, 0.3) is 0 Å². The van der Waals surface area contributed by atoms with Gasteiger partial charge in [0.15, 0.2) is 0 Å². The van der Waals surface area contributed by atoms with Gasteiger partial charge in [-0.15, -0.1) is 12.4 Å². The van der Waals surface area contributed by atoms with Gasteiger partial charge in [-0.3, -0.25) is 0 Å². The molecule has 0 atom stereocenters. The quantitative estimate of drug-likeness (QED) is 0.0638. The summed E-state index contributed by atoms with van der Waals surface area (Å²) in [7, 11) is 0. The van der Waals surface area contributed by atoms with E-state index in [0.29, 0.717) is 0 Å². The second-order valence-corrected chi connectivity index (χ2v) is 15.2. The lowest BCUT2D eigenvalue weighted by Gasteiger charge is -2.06. The molecule has 0 aromatic rings. The first kappa shape index (κ1) is 48.4. The molecular formula is C44H92ClN. The molecule has 0 aromatic heterocycles. The maximum Gasteiger partial charge on any atom is -0.00489 e. The van der Waals surface area contributed by atoms with Crippen molar-refractivity contribution in [3.8, 4) is 0 Å². The summed E-state index contributed by atoms with van der Waals surface area (Å²) < 4.78 is 0. The Balaban J connectivity index is 0. The molecule has 0 aliphatic carbocycles.